The molecular formula is C17H18N4O4. The van der Waals surface area contributed by atoms with Gasteiger partial charge in [0.2, 0.25) is 17.7 Å². The number of carbonyl (C=O) groups excluding carboxylic acids is 4. The number of nitrogens with zero attached hydrogens (tertiary/aromatic N) is 1. The molecule has 8 heteroatoms. The highest BCUT2D eigenvalue weighted by Crippen LogP contribution is 2.47. The van der Waals surface area contributed by atoms with E-state index in [2.05, 4.69) is 20.9 Å². The second-order valence-electron chi connectivity index (χ2n) is 6.76. The van der Waals surface area contributed by atoms with Crippen LogP contribution in [-0.4, -0.2) is 36.3 Å². The summed E-state index contributed by atoms with van der Waals surface area (Å²) < 4.78 is 0. The number of imide groups is 2. The number of carbonyl (C=O) groups is 4. The standard InChI is InChI=1S/C17H18N4O4/c1-9(22)18-11-4-5-12-10(7-11)8-17(13-3-2-6-21(12)13)14(23)19-16(25)20-15(17)24/h4-5,7,13H,2-3,6,8H2,1H3,(H,18,22)(H2,19,20,23,24,25)/t13-/m1/s1. The predicted octanol–water partition coefficient (Wildman–Crippen LogP) is 0.522. The topological polar surface area (TPSA) is 108 Å². The molecule has 2 saturated heterocycles. The van der Waals surface area contributed by atoms with E-state index in [1.54, 1.807) is 6.07 Å². The third-order valence-corrected chi connectivity index (χ3v) is 5.26. The zero-order valence-corrected chi connectivity index (χ0v) is 13.7. The van der Waals surface area contributed by atoms with Gasteiger partial charge in [-0.05, 0) is 43.0 Å². The van der Waals surface area contributed by atoms with Gasteiger partial charge in [-0.1, -0.05) is 0 Å². The van der Waals surface area contributed by atoms with E-state index < -0.39 is 23.3 Å². The molecule has 130 valence electrons. The van der Waals surface area contributed by atoms with E-state index in [9.17, 15) is 19.2 Å². The number of anilines is 2. The lowest BCUT2D eigenvalue weighted by Crippen LogP contribution is -2.70. The molecule has 0 saturated carbocycles. The molecule has 3 aliphatic heterocycles. The van der Waals surface area contributed by atoms with Gasteiger partial charge in [-0.3, -0.25) is 25.0 Å². The number of benzene rings is 1. The maximum absolute atomic E-state index is 12.7. The van der Waals surface area contributed by atoms with Gasteiger partial charge in [0.25, 0.3) is 0 Å². The molecule has 1 aromatic carbocycles. The molecule has 0 aromatic heterocycles. The first-order chi connectivity index (χ1) is 11.9. The van der Waals surface area contributed by atoms with E-state index in [0.29, 0.717) is 12.1 Å². The summed E-state index contributed by atoms with van der Waals surface area (Å²) >= 11 is 0. The second kappa shape index (κ2) is 5.30. The zero-order valence-electron chi connectivity index (χ0n) is 13.7. The fraction of sp³-hybridized carbons (Fsp3) is 0.412. The van der Waals surface area contributed by atoms with Gasteiger partial charge in [-0.25, -0.2) is 4.79 Å². The van der Waals surface area contributed by atoms with Crippen molar-refractivity contribution in [2.75, 3.05) is 16.8 Å². The van der Waals surface area contributed by atoms with Gasteiger partial charge in [-0.15, -0.1) is 0 Å². The van der Waals surface area contributed by atoms with Crippen LogP contribution in [0.4, 0.5) is 16.2 Å². The Bertz CT molecular complexity index is 799. The first-order valence-electron chi connectivity index (χ1n) is 8.26. The molecule has 1 aromatic rings. The van der Waals surface area contributed by atoms with E-state index in [4.69, 9.17) is 0 Å². The summed E-state index contributed by atoms with van der Waals surface area (Å²) in [5.41, 5.74) is 1.07. The van der Waals surface area contributed by atoms with Crippen molar-refractivity contribution in [1.82, 2.24) is 10.6 Å². The van der Waals surface area contributed by atoms with Gasteiger partial charge < -0.3 is 10.2 Å². The molecule has 1 atom stereocenters. The number of hydrogen-bond acceptors (Lipinski definition) is 5. The highest BCUT2D eigenvalue weighted by atomic mass is 16.2. The maximum Gasteiger partial charge on any atom is 0.328 e. The first kappa shape index (κ1) is 15.6. The second-order valence-corrected chi connectivity index (χ2v) is 6.76. The van der Waals surface area contributed by atoms with Crippen LogP contribution in [0, 0.1) is 5.41 Å². The minimum Gasteiger partial charge on any atom is -0.367 e. The Labute approximate surface area is 143 Å². The average Bonchev–Trinajstić information content (AvgIpc) is 3.01. The Morgan fingerprint density at radius 1 is 1.24 bits per heavy atom. The van der Waals surface area contributed by atoms with E-state index in [1.165, 1.54) is 6.92 Å². The van der Waals surface area contributed by atoms with Crippen molar-refractivity contribution in [1.29, 1.82) is 0 Å². The number of nitrogens with one attached hydrogen (secondary N) is 3. The third kappa shape index (κ3) is 2.20. The summed E-state index contributed by atoms with van der Waals surface area (Å²) in [4.78, 5) is 50.3. The van der Waals surface area contributed by atoms with Crippen LogP contribution in [-0.2, 0) is 20.8 Å². The van der Waals surface area contributed by atoms with Crippen LogP contribution >= 0.6 is 0 Å². The lowest BCUT2D eigenvalue weighted by molar-refractivity contribution is -0.146. The number of rotatable bonds is 1. The van der Waals surface area contributed by atoms with E-state index in [0.717, 1.165) is 24.2 Å². The van der Waals surface area contributed by atoms with Crippen LogP contribution in [0.2, 0.25) is 0 Å². The van der Waals surface area contributed by atoms with Gasteiger partial charge in [0.05, 0.1) is 6.04 Å². The Balaban J connectivity index is 1.82. The normalized spacial score (nSPS) is 23.6. The summed E-state index contributed by atoms with van der Waals surface area (Å²) in [5.74, 6) is -1.29. The van der Waals surface area contributed by atoms with Crippen LogP contribution in [0.3, 0.4) is 0 Å². The predicted molar refractivity (Wildman–Crippen MR) is 88.9 cm³/mol. The van der Waals surface area contributed by atoms with Crippen LogP contribution in [0.25, 0.3) is 0 Å². The lowest BCUT2D eigenvalue weighted by Gasteiger charge is -2.47. The van der Waals surface area contributed by atoms with Gasteiger partial charge in [-0.2, -0.15) is 0 Å². The molecule has 25 heavy (non-hydrogen) atoms. The molecule has 8 nitrogen and oxygen atoms in total. The van der Waals surface area contributed by atoms with Crippen molar-refractivity contribution in [2.24, 2.45) is 5.41 Å². The third-order valence-electron chi connectivity index (χ3n) is 5.26. The van der Waals surface area contributed by atoms with Crippen molar-refractivity contribution in [3.05, 3.63) is 23.8 Å². The highest BCUT2D eigenvalue weighted by molar-refractivity contribution is 6.20. The monoisotopic (exact) mass is 342 g/mol. The molecule has 2 fully saturated rings. The molecule has 0 radical (unpaired) electrons. The van der Waals surface area contributed by atoms with Crippen molar-refractivity contribution in [3.8, 4) is 0 Å². The smallest absolute Gasteiger partial charge is 0.328 e. The number of hydrogen-bond donors (Lipinski definition) is 3. The number of urea groups is 1. The summed E-state index contributed by atoms with van der Waals surface area (Å²) in [7, 11) is 0. The van der Waals surface area contributed by atoms with Crippen LogP contribution in [0.1, 0.15) is 25.3 Å². The van der Waals surface area contributed by atoms with E-state index in [1.807, 2.05) is 12.1 Å². The fourth-order valence-corrected chi connectivity index (χ4v) is 4.30. The minimum atomic E-state index is -1.33. The summed E-state index contributed by atoms with van der Waals surface area (Å²) in [6.45, 7) is 2.17. The highest BCUT2D eigenvalue weighted by Gasteiger charge is 2.60. The van der Waals surface area contributed by atoms with Gasteiger partial charge in [0.15, 0.2) is 5.41 Å². The zero-order chi connectivity index (χ0) is 17.8. The molecule has 3 N–H and O–H groups in total. The summed E-state index contributed by atoms with van der Waals surface area (Å²) in [6.07, 6.45) is 1.78. The minimum absolute atomic E-state index is 0.191. The molecule has 1 spiro atoms. The molecule has 3 aliphatic rings. The van der Waals surface area contributed by atoms with Crippen LogP contribution < -0.4 is 20.9 Å². The Hall–Kier alpha value is -2.90. The van der Waals surface area contributed by atoms with Gasteiger partial charge in [0, 0.05) is 24.8 Å². The molecule has 4 rings (SSSR count). The molecule has 3 heterocycles. The quantitative estimate of drug-likeness (QED) is 0.645. The summed E-state index contributed by atoms with van der Waals surface area (Å²) in [5, 5.41) is 7.23. The SMILES string of the molecule is CC(=O)Nc1ccc2c(c1)CC1(C(=O)NC(=O)NC1=O)[C@H]1CCCN21. The number of fused-ring (bicyclic) bond motifs is 4. The first-order valence-corrected chi connectivity index (χ1v) is 8.26. The Morgan fingerprint density at radius 2 is 1.96 bits per heavy atom. The van der Waals surface area contributed by atoms with Gasteiger partial charge in [0.1, 0.15) is 0 Å². The Kier molecular flexibility index (Phi) is 3.31. The molecule has 0 unspecified atom stereocenters. The van der Waals surface area contributed by atoms with E-state index >= 15 is 0 Å². The average molecular weight is 342 g/mol. The van der Waals surface area contributed by atoms with Crippen LogP contribution in [0.5, 0.6) is 0 Å². The number of amides is 5. The van der Waals surface area contributed by atoms with Crippen molar-refractivity contribution in [3.63, 3.8) is 0 Å². The molecular weight excluding hydrogens is 324 g/mol. The van der Waals surface area contributed by atoms with Gasteiger partial charge >= 0.3 is 6.03 Å². The largest absolute Gasteiger partial charge is 0.367 e. The van der Waals surface area contributed by atoms with Crippen molar-refractivity contribution >= 4 is 35.1 Å². The fourth-order valence-electron chi connectivity index (χ4n) is 4.30. The lowest BCUT2D eigenvalue weighted by atomic mass is 9.69. The van der Waals surface area contributed by atoms with Crippen molar-refractivity contribution < 1.29 is 19.2 Å². The molecule has 5 amide bonds. The number of barbiturate groups is 1. The summed E-state index contributed by atoms with van der Waals surface area (Å²) in [6, 6.07) is 4.47. The molecule has 0 aliphatic carbocycles. The molecule has 0 bridgehead atoms. The van der Waals surface area contributed by atoms with Crippen molar-refractivity contribution in [2.45, 2.75) is 32.2 Å². The maximum atomic E-state index is 12.7. The van der Waals surface area contributed by atoms with Crippen LogP contribution in [0.15, 0.2) is 18.2 Å². The Morgan fingerprint density at radius 3 is 2.64 bits per heavy atom. The van der Waals surface area contributed by atoms with E-state index in [-0.39, 0.29) is 18.4 Å².